The first-order valence-electron chi connectivity index (χ1n) is 12.2. The number of aliphatic imine (C=N–C) groups is 1. The Morgan fingerprint density at radius 1 is 0.730 bits per heavy atom. The number of benzene rings is 5. The van der Waals surface area contributed by atoms with Crippen molar-refractivity contribution < 1.29 is 4.74 Å². The minimum atomic E-state index is -0.140. The Bertz CT molecular complexity index is 1760. The number of rotatable bonds is 3. The SMILES string of the molecule is N#Cc1ccc(-c2ccc3c(c2)OC2=NC(c4ccccc4)C=C(c4ccccc4)N23)c2ccccc12. The van der Waals surface area contributed by atoms with Crippen molar-refractivity contribution in [1.29, 1.82) is 5.26 Å². The van der Waals surface area contributed by atoms with Crippen LogP contribution in [0.3, 0.4) is 0 Å². The largest absolute Gasteiger partial charge is 0.423 e. The third-order valence-electron chi connectivity index (χ3n) is 6.97. The molecule has 174 valence electrons. The second-order valence-electron chi connectivity index (χ2n) is 9.12. The molecule has 2 aliphatic rings. The number of hydrogen-bond acceptors (Lipinski definition) is 4. The fraction of sp³-hybridized carbons (Fsp3) is 0.0303. The normalized spacial score (nSPS) is 15.8. The van der Waals surface area contributed by atoms with Crippen molar-refractivity contribution in [2.75, 3.05) is 4.90 Å². The first-order valence-corrected chi connectivity index (χ1v) is 12.2. The highest BCUT2D eigenvalue weighted by molar-refractivity contribution is 6.12. The molecule has 0 saturated heterocycles. The predicted molar refractivity (Wildman–Crippen MR) is 148 cm³/mol. The zero-order chi connectivity index (χ0) is 24.8. The van der Waals surface area contributed by atoms with E-state index in [1.807, 2.05) is 54.6 Å². The van der Waals surface area contributed by atoms with Gasteiger partial charge in [0.2, 0.25) is 0 Å². The van der Waals surface area contributed by atoms with E-state index < -0.39 is 0 Å². The van der Waals surface area contributed by atoms with Gasteiger partial charge in [0.15, 0.2) is 5.75 Å². The van der Waals surface area contributed by atoms with Gasteiger partial charge in [-0.2, -0.15) is 5.26 Å². The summed E-state index contributed by atoms with van der Waals surface area (Å²) in [5.74, 6) is 0.764. The van der Waals surface area contributed by atoms with Gasteiger partial charge >= 0.3 is 6.02 Å². The molecule has 0 radical (unpaired) electrons. The number of nitrogens with zero attached hydrogens (tertiary/aromatic N) is 3. The molecule has 4 nitrogen and oxygen atoms in total. The molecular weight excluding hydrogens is 454 g/mol. The van der Waals surface area contributed by atoms with Crippen LogP contribution in [0.2, 0.25) is 0 Å². The Kier molecular flexibility index (Phi) is 4.87. The quantitative estimate of drug-likeness (QED) is 0.268. The van der Waals surface area contributed by atoms with E-state index in [0.29, 0.717) is 11.6 Å². The highest BCUT2D eigenvalue weighted by Gasteiger charge is 2.35. The lowest BCUT2D eigenvalue weighted by Crippen LogP contribution is -2.31. The second-order valence-corrected chi connectivity index (χ2v) is 9.12. The van der Waals surface area contributed by atoms with Crippen LogP contribution in [0.25, 0.3) is 27.6 Å². The average Bonchev–Trinajstić information content (AvgIpc) is 3.35. The highest BCUT2D eigenvalue weighted by atomic mass is 16.5. The minimum Gasteiger partial charge on any atom is -0.423 e. The maximum absolute atomic E-state index is 9.57. The molecule has 0 saturated carbocycles. The molecule has 2 heterocycles. The van der Waals surface area contributed by atoms with Crippen LogP contribution in [-0.2, 0) is 0 Å². The molecule has 1 atom stereocenters. The molecule has 1 unspecified atom stereocenters. The van der Waals surface area contributed by atoms with Gasteiger partial charge in [-0.3, -0.25) is 4.90 Å². The lowest BCUT2D eigenvalue weighted by molar-refractivity contribution is 0.556. The van der Waals surface area contributed by atoms with E-state index >= 15 is 0 Å². The van der Waals surface area contributed by atoms with E-state index in [1.165, 1.54) is 0 Å². The molecule has 4 heteroatoms. The number of fused-ring (bicyclic) bond motifs is 4. The van der Waals surface area contributed by atoms with Gasteiger partial charge in [-0.25, -0.2) is 4.99 Å². The molecule has 0 aromatic heterocycles. The molecule has 2 aliphatic heterocycles. The van der Waals surface area contributed by atoms with E-state index in [4.69, 9.17) is 9.73 Å². The highest BCUT2D eigenvalue weighted by Crippen LogP contribution is 2.46. The molecule has 0 spiro atoms. The van der Waals surface area contributed by atoms with Gasteiger partial charge in [-0.1, -0.05) is 97.1 Å². The van der Waals surface area contributed by atoms with E-state index in [2.05, 4.69) is 77.7 Å². The summed E-state index contributed by atoms with van der Waals surface area (Å²) < 4.78 is 6.42. The first kappa shape index (κ1) is 21.2. The van der Waals surface area contributed by atoms with Gasteiger partial charge in [-0.05, 0) is 51.9 Å². The number of ether oxygens (including phenoxy) is 1. The van der Waals surface area contributed by atoms with Crippen LogP contribution in [0, 0.1) is 11.3 Å². The van der Waals surface area contributed by atoms with Crippen LogP contribution in [0.1, 0.15) is 22.7 Å². The maximum Gasteiger partial charge on any atom is 0.303 e. The number of nitriles is 1. The zero-order valence-corrected chi connectivity index (χ0v) is 19.9. The third-order valence-corrected chi connectivity index (χ3v) is 6.97. The van der Waals surface area contributed by atoms with E-state index in [9.17, 15) is 5.26 Å². The third kappa shape index (κ3) is 3.49. The molecule has 0 bridgehead atoms. The van der Waals surface area contributed by atoms with Crippen LogP contribution in [0.15, 0.2) is 126 Å². The minimum absolute atomic E-state index is 0.140. The molecule has 7 rings (SSSR count). The van der Waals surface area contributed by atoms with Crippen LogP contribution < -0.4 is 9.64 Å². The smallest absolute Gasteiger partial charge is 0.303 e. The molecule has 0 amide bonds. The van der Waals surface area contributed by atoms with Gasteiger partial charge in [0.05, 0.1) is 23.0 Å². The Balaban J connectivity index is 1.36. The molecule has 0 aliphatic carbocycles. The number of hydrogen-bond donors (Lipinski definition) is 0. The maximum atomic E-state index is 9.57. The fourth-order valence-electron chi connectivity index (χ4n) is 5.20. The summed E-state index contributed by atoms with van der Waals surface area (Å²) in [6.45, 7) is 0. The number of anilines is 1. The fourth-order valence-corrected chi connectivity index (χ4v) is 5.20. The van der Waals surface area contributed by atoms with Crippen molar-refractivity contribution in [2.45, 2.75) is 6.04 Å². The Labute approximate surface area is 215 Å². The summed E-state index contributed by atoms with van der Waals surface area (Å²) in [6, 6.07) is 41.6. The van der Waals surface area contributed by atoms with Gasteiger partial charge < -0.3 is 4.74 Å². The summed E-state index contributed by atoms with van der Waals surface area (Å²) >= 11 is 0. The average molecular weight is 476 g/mol. The molecule has 37 heavy (non-hydrogen) atoms. The van der Waals surface area contributed by atoms with Crippen LogP contribution in [-0.4, -0.2) is 6.02 Å². The van der Waals surface area contributed by atoms with E-state index in [1.54, 1.807) is 0 Å². The molecule has 5 aromatic carbocycles. The predicted octanol–water partition coefficient (Wildman–Crippen LogP) is 7.73. The zero-order valence-electron chi connectivity index (χ0n) is 19.9. The van der Waals surface area contributed by atoms with Crippen molar-refractivity contribution in [1.82, 2.24) is 0 Å². The van der Waals surface area contributed by atoms with Crippen molar-refractivity contribution >= 4 is 28.2 Å². The summed E-state index contributed by atoms with van der Waals surface area (Å²) in [4.78, 5) is 7.09. The Morgan fingerprint density at radius 2 is 1.46 bits per heavy atom. The Hall–Kier alpha value is -5.14. The van der Waals surface area contributed by atoms with Crippen molar-refractivity contribution in [3.63, 3.8) is 0 Å². The molecule has 0 N–H and O–H groups in total. The van der Waals surface area contributed by atoms with Gasteiger partial charge in [0.1, 0.15) is 6.04 Å². The monoisotopic (exact) mass is 475 g/mol. The Morgan fingerprint density at radius 3 is 2.24 bits per heavy atom. The van der Waals surface area contributed by atoms with Crippen molar-refractivity contribution in [3.8, 4) is 22.9 Å². The van der Waals surface area contributed by atoms with Crippen molar-refractivity contribution in [2.24, 2.45) is 4.99 Å². The molecule has 5 aromatic rings. The van der Waals surface area contributed by atoms with Gasteiger partial charge in [-0.15, -0.1) is 0 Å². The summed E-state index contributed by atoms with van der Waals surface area (Å²) in [6.07, 6.45) is 2.20. The van der Waals surface area contributed by atoms with Crippen LogP contribution >= 0.6 is 0 Å². The summed E-state index contributed by atoms with van der Waals surface area (Å²) in [5, 5.41) is 11.6. The van der Waals surface area contributed by atoms with E-state index in [0.717, 1.165) is 50.2 Å². The molecule has 0 fully saturated rings. The lowest BCUT2D eigenvalue weighted by atomic mass is 9.95. The lowest BCUT2D eigenvalue weighted by Gasteiger charge is -2.27. The van der Waals surface area contributed by atoms with Crippen molar-refractivity contribution in [3.05, 3.63) is 138 Å². The second kappa shape index (κ2) is 8.51. The van der Waals surface area contributed by atoms with Gasteiger partial charge in [0.25, 0.3) is 0 Å². The molecular formula is C33H21N3O. The number of amidine groups is 1. The summed E-state index contributed by atoms with van der Waals surface area (Å²) in [7, 11) is 0. The topological polar surface area (TPSA) is 48.6 Å². The van der Waals surface area contributed by atoms with E-state index in [-0.39, 0.29) is 6.04 Å². The first-order chi connectivity index (χ1) is 18.3. The van der Waals surface area contributed by atoms with Crippen LogP contribution in [0.4, 0.5) is 5.69 Å². The summed E-state index contributed by atoms with van der Waals surface area (Å²) in [5.41, 5.74) is 7.00. The van der Waals surface area contributed by atoms with Gasteiger partial charge in [0, 0.05) is 5.39 Å². The standard InChI is InChI=1S/C33H21N3O/c34-21-25-15-17-27(28-14-8-7-13-26(25)28)24-16-18-30-32(19-24)37-33-35-29(22-9-3-1-4-10-22)20-31(36(30)33)23-11-5-2-6-12-23/h1-20,29H. The van der Waals surface area contributed by atoms with Crippen LogP contribution in [0.5, 0.6) is 5.75 Å².